The summed E-state index contributed by atoms with van der Waals surface area (Å²) in [6, 6.07) is 16.8. The first-order valence-corrected chi connectivity index (χ1v) is 9.68. The van der Waals surface area contributed by atoms with E-state index in [1.165, 1.54) is 0 Å². The third-order valence-corrected chi connectivity index (χ3v) is 6.53. The van der Waals surface area contributed by atoms with Crippen LogP contribution in [-0.2, 0) is 14.3 Å². The number of Topliss-reactive ketones (excluding diaryl/α,β-unsaturated/α-hetero) is 2. The molecule has 2 aromatic rings. The number of benzene rings is 2. The number of carbonyl (C=O) groups excluding carboxylic acids is 2. The zero-order chi connectivity index (χ0) is 18.8. The van der Waals surface area contributed by atoms with E-state index in [1.54, 1.807) is 0 Å². The first kappa shape index (κ1) is 16.2. The van der Waals surface area contributed by atoms with Crippen LogP contribution in [0.3, 0.4) is 0 Å². The quantitative estimate of drug-likeness (QED) is 0.758. The predicted molar refractivity (Wildman–Crippen MR) is 101 cm³/mol. The van der Waals surface area contributed by atoms with Gasteiger partial charge in [0.25, 0.3) is 0 Å². The number of fused-ring (bicyclic) bond motifs is 8. The van der Waals surface area contributed by atoms with E-state index in [4.69, 9.17) is 9.47 Å². The van der Waals surface area contributed by atoms with Crippen LogP contribution in [0.15, 0.2) is 60.8 Å². The molecule has 3 fully saturated rings. The summed E-state index contributed by atoms with van der Waals surface area (Å²) in [6.45, 7) is 0.363. The lowest BCUT2D eigenvalue weighted by Crippen LogP contribution is -2.48. The highest BCUT2D eigenvalue weighted by molar-refractivity contribution is 6.02. The van der Waals surface area contributed by atoms with Gasteiger partial charge in [0.15, 0.2) is 11.6 Å². The molecule has 5 heteroatoms. The number of hydrogen-bond donors (Lipinski definition) is 0. The van der Waals surface area contributed by atoms with Crippen LogP contribution in [0.5, 0.6) is 0 Å². The van der Waals surface area contributed by atoms with Crippen LogP contribution in [0.4, 0.5) is 0 Å². The maximum absolute atomic E-state index is 13.6. The van der Waals surface area contributed by atoms with Crippen LogP contribution < -0.4 is 0 Å². The number of rotatable bonds is 2. The number of carbonyl (C=O) groups is 2. The molecule has 0 saturated carbocycles. The van der Waals surface area contributed by atoms with Crippen molar-refractivity contribution < 1.29 is 19.1 Å². The summed E-state index contributed by atoms with van der Waals surface area (Å²) in [5.41, 5.74) is 2.86. The molecule has 2 unspecified atom stereocenters. The lowest BCUT2D eigenvalue weighted by Gasteiger charge is -2.34. The highest BCUT2D eigenvalue weighted by Gasteiger charge is 2.63. The molecule has 4 aliphatic heterocycles. The lowest BCUT2D eigenvalue weighted by molar-refractivity contribution is -0.164. The van der Waals surface area contributed by atoms with Gasteiger partial charge in [-0.2, -0.15) is 0 Å². The molecule has 140 valence electrons. The zero-order valence-corrected chi connectivity index (χ0v) is 15.1. The van der Waals surface area contributed by atoms with Gasteiger partial charge in [-0.15, -0.1) is 0 Å². The smallest absolute Gasteiger partial charge is 0.218 e. The maximum Gasteiger partial charge on any atom is 0.218 e. The lowest BCUT2D eigenvalue weighted by atomic mass is 9.75. The summed E-state index contributed by atoms with van der Waals surface area (Å²) >= 11 is 0. The summed E-state index contributed by atoms with van der Waals surface area (Å²) in [6.07, 6.45) is 2.99. The van der Waals surface area contributed by atoms with Gasteiger partial charge in [-0.05, 0) is 17.2 Å². The Kier molecular flexibility index (Phi) is 3.40. The van der Waals surface area contributed by atoms with E-state index in [0.717, 1.165) is 11.1 Å². The van der Waals surface area contributed by atoms with Gasteiger partial charge in [-0.1, -0.05) is 54.6 Å². The monoisotopic (exact) mass is 373 g/mol. The SMILES string of the molecule is O=C(c1ccccc1)C1[C@H]2[C@H](C(=O)C3OC[C@H]2O3)[C@@H]2c3ccccc3C=CN12. The molecule has 0 N–H and O–H groups in total. The predicted octanol–water partition coefficient (Wildman–Crippen LogP) is 2.84. The largest absolute Gasteiger partial charge is 0.359 e. The minimum Gasteiger partial charge on any atom is -0.359 e. The molecular formula is C23H19NO4. The average Bonchev–Trinajstić information content (AvgIpc) is 3.33. The Morgan fingerprint density at radius 2 is 1.82 bits per heavy atom. The molecular weight excluding hydrogens is 354 g/mol. The first-order valence-electron chi connectivity index (χ1n) is 9.68. The summed E-state index contributed by atoms with van der Waals surface area (Å²) < 4.78 is 11.5. The second-order valence-corrected chi connectivity index (χ2v) is 7.86. The fourth-order valence-corrected chi connectivity index (χ4v) is 5.39. The molecule has 0 spiro atoms. The standard InChI is InChI=1S/C23H19NO4/c25-21(14-7-2-1-3-8-14)20-17-16-12-27-23(28-16)22(26)18(17)19-15-9-5-4-6-13(15)10-11-24(19)20/h1-11,16-20,23H,12H2/t16-,17-,18+,19+,20?,23?/m1/s1. The Balaban J connectivity index is 1.52. The van der Waals surface area contributed by atoms with Gasteiger partial charge in [0.05, 0.1) is 30.7 Å². The highest BCUT2D eigenvalue weighted by atomic mass is 16.7. The Hall–Kier alpha value is -2.76. The molecule has 0 aliphatic carbocycles. The van der Waals surface area contributed by atoms with Crippen LogP contribution in [0.1, 0.15) is 27.5 Å². The molecule has 28 heavy (non-hydrogen) atoms. The van der Waals surface area contributed by atoms with Gasteiger partial charge in [0.2, 0.25) is 6.29 Å². The van der Waals surface area contributed by atoms with E-state index in [9.17, 15) is 9.59 Å². The van der Waals surface area contributed by atoms with Crippen molar-refractivity contribution in [2.75, 3.05) is 6.61 Å². The average molecular weight is 373 g/mol. The Morgan fingerprint density at radius 3 is 2.68 bits per heavy atom. The third-order valence-electron chi connectivity index (χ3n) is 6.53. The number of ether oxygens (including phenoxy) is 2. The second-order valence-electron chi connectivity index (χ2n) is 7.86. The molecule has 6 rings (SSSR count). The van der Waals surface area contributed by atoms with Crippen molar-refractivity contribution in [1.29, 1.82) is 0 Å². The summed E-state index contributed by atoms with van der Waals surface area (Å²) in [7, 11) is 0. The summed E-state index contributed by atoms with van der Waals surface area (Å²) in [5.74, 6) is -0.541. The van der Waals surface area contributed by atoms with Crippen molar-refractivity contribution in [1.82, 2.24) is 4.90 Å². The Morgan fingerprint density at radius 1 is 1.04 bits per heavy atom. The first-order chi connectivity index (χ1) is 13.7. The van der Waals surface area contributed by atoms with Gasteiger partial charge in [0.1, 0.15) is 0 Å². The number of nitrogens with zero attached hydrogens (tertiary/aromatic N) is 1. The normalized spacial score (nSPS) is 34.7. The molecule has 4 heterocycles. The van der Waals surface area contributed by atoms with Crippen molar-refractivity contribution in [3.8, 4) is 0 Å². The third kappa shape index (κ3) is 2.09. The van der Waals surface area contributed by atoms with Crippen LogP contribution in [-0.4, -0.2) is 41.5 Å². The van der Waals surface area contributed by atoms with E-state index < -0.39 is 12.3 Å². The van der Waals surface area contributed by atoms with Gasteiger partial charge in [-0.3, -0.25) is 9.59 Å². The van der Waals surface area contributed by atoms with E-state index in [1.807, 2.05) is 54.7 Å². The fourth-order valence-electron chi connectivity index (χ4n) is 5.39. The Labute approximate surface area is 162 Å². The van der Waals surface area contributed by atoms with Gasteiger partial charge in [0, 0.05) is 17.7 Å². The van der Waals surface area contributed by atoms with E-state index in [-0.39, 0.29) is 35.5 Å². The van der Waals surface area contributed by atoms with E-state index >= 15 is 0 Å². The Bertz CT molecular complexity index is 1000. The molecule has 0 amide bonds. The molecule has 5 nitrogen and oxygen atoms in total. The van der Waals surface area contributed by atoms with Crippen LogP contribution in [0.25, 0.3) is 6.08 Å². The fraction of sp³-hybridized carbons (Fsp3) is 0.304. The maximum atomic E-state index is 13.6. The number of hydrogen-bond acceptors (Lipinski definition) is 5. The van der Waals surface area contributed by atoms with Crippen molar-refractivity contribution in [3.63, 3.8) is 0 Å². The second kappa shape index (κ2) is 5.87. The van der Waals surface area contributed by atoms with Crippen LogP contribution in [0.2, 0.25) is 0 Å². The van der Waals surface area contributed by atoms with E-state index in [2.05, 4.69) is 17.0 Å². The van der Waals surface area contributed by atoms with Crippen molar-refractivity contribution in [3.05, 3.63) is 77.5 Å². The minimum atomic E-state index is -0.795. The van der Waals surface area contributed by atoms with Crippen molar-refractivity contribution >= 4 is 17.6 Å². The molecule has 0 aromatic heterocycles. The number of ketones is 2. The summed E-state index contributed by atoms with van der Waals surface area (Å²) in [5, 5.41) is 0. The molecule has 0 radical (unpaired) electrons. The summed E-state index contributed by atoms with van der Waals surface area (Å²) in [4.78, 5) is 28.9. The van der Waals surface area contributed by atoms with Crippen LogP contribution >= 0.6 is 0 Å². The molecule has 3 saturated heterocycles. The highest BCUT2D eigenvalue weighted by Crippen LogP contribution is 2.54. The zero-order valence-electron chi connectivity index (χ0n) is 15.1. The minimum absolute atomic E-state index is 0.0314. The van der Waals surface area contributed by atoms with Crippen molar-refractivity contribution in [2.45, 2.75) is 24.5 Å². The molecule has 6 atom stereocenters. The molecule has 2 bridgehead atoms. The molecule has 4 aliphatic rings. The van der Waals surface area contributed by atoms with Crippen molar-refractivity contribution in [2.24, 2.45) is 11.8 Å². The van der Waals surface area contributed by atoms with Gasteiger partial charge < -0.3 is 14.4 Å². The van der Waals surface area contributed by atoms with Gasteiger partial charge >= 0.3 is 0 Å². The molecule has 2 aromatic carbocycles. The topological polar surface area (TPSA) is 55.8 Å². The van der Waals surface area contributed by atoms with Crippen LogP contribution in [0, 0.1) is 11.8 Å². The van der Waals surface area contributed by atoms with E-state index in [0.29, 0.717) is 12.2 Å². The van der Waals surface area contributed by atoms with Gasteiger partial charge in [-0.25, -0.2) is 0 Å².